The third-order valence-corrected chi connectivity index (χ3v) is 3.67. The van der Waals surface area contributed by atoms with Crippen LogP contribution in [-0.4, -0.2) is 23.7 Å². The standard InChI is InChI=1S/C19H21N3O2/c1-13(2)18(23)12-21-19(24)15-4-3-5-17(10-15)22-16-8-6-14(11-20)7-9-16/h3-10,13,18,22-23H,12H2,1-2H3,(H,21,24). The van der Waals surface area contributed by atoms with E-state index in [1.54, 1.807) is 30.3 Å². The number of amides is 1. The molecule has 5 heteroatoms. The van der Waals surface area contributed by atoms with Gasteiger partial charge in [-0.15, -0.1) is 0 Å². The second-order valence-corrected chi connectivity index (χ2v) is 5.92. The number of carbonyl (C=O) groups excluding carboxylic acids is 1. The summed E-state index contributed by atoms with van der Waals surface area (Å²) in [6.45, 7) is 4.03. The number of aliphatic hydroxyl groups is 1. The van der Waals surface area contributed by atoms with Crippen LogP contribution in [0.5, 0.6) is 0 Å². The minimum absolute atomic E-state index is 0.0923. The van der Waals surface area contributed by atoms with Crippen molar-refractivity contribution in [2.24, 2.45) is 5.92 Å². The Morgan fingerprint density at radius 2 is 1.88 bits per heavy atom. The first-order valence-electron chi connectivity index (χ1n) is 7.83. The molecule has 0 spiro atoms. The smallest absolute Gasteiger partial charge is 0.251 e. The molecule has 0 fully saturated rings. The Kier molecular flexibility index (Phi) is 5.94. The van der Waals surface area contributed by atoms with Gasteiger partial charge in [0, 0.05) is 23.5 Å². The van der Waals surface area contributed by atoms with Gasteiger partial charge in [-0.05, 0) is 48.4 Å². The van der Waals surface area contributed by atoms with Crippen LogP contribution in [-0.2, 0) is 0 Å². The molecule has 0 aromatic heterocycles. The Balaban J connectivity index is 2.02. The molecule has 3 N–H and O–H groups in total. The van der Waals surface area contributed by atoms with Gasteiger partial charge in [0.25, 0.3) is 5.91 Å². The first-order valence-corrected chi connectivity index (χ1v) is 7.83. The van der Waals surface area contributed by atoms with Gasteiger partial charge in [-0.25, -0.2) is 0 Å². The second-order valence-electron chi connectivity index (χ2n) is 5.92. The van der Waals surface area contributed by atoms with Crippen molar-refractivity contribution in [1.82, 2.24) is 5.32 Å². The summed E-state index contributed by atoms with van der Waals surface area (Å²) in [6, 6.07) is 16.3. The molecular formula is C19H21N3O2. The van der Waals surface area contributed by atoms with Crippen molar-refractivity contribution in [3.05, 3.63) is 59.7 Å². The van der Waals surface area contributed by atoms with E-state index < -0.39 is 6.10 Å². The molecule has 5 nitrogen and oxygen atoms in total. The SMILES string of the molecule is CC(C)C(O)CNC(=O)c1cccc(Nc2ccc(C#N)cc2)c1. The average Bonchev–Trinajstić information content (AvgIpc) is 2.60. The highest BCUT2D eigenvalue weighted by Gasteiger charge is 2.12. The summed E-state index contributed by atoms with van der Waals surface area (Å²) in [5.41, 5.74) is 2.72. The van der Waals surface area contributed by atoms with Gasteiger partial charge in [0.05, 0.1) is 17.7 Å². The van der Waals surface area contributed by atoms with Crippen molar-refractivity contribution >= 4 is 17.3 Å². The quantitative estimate of drug-likeness (QED) is 0.763. The van der Waals surface area contributed by atoms with Gasteiger partial charge in [0.2, 0.25) is 0 Å². The molecule has 1 atom stereocenters. The zero-order valence-corrected chi connectivity index (χ0v) is 13.8. The molecule has 1 unspecified atom stereocenters. The normalized spacial score (nSPS) is 11.6. The monoisotopic (exact) mass is 323 g/mol. The molecule has 0 radical (unpaired) electrons. The second kappa shape index (κ2) is 8.14. The van der Waals surface area contributed by atoms with Crippen molar-refractivity contribution in [2.45, 2.75) is 20.0 Å². The molecule has 2 rings (SSSR count). The Morgan fingerprint density at radius 3 is 2.50 bits per heavy atom. The van der Waals surface area contributed by atoms with Gasteiger partial charge < -0.3 is 15.7 Å². The van der Waals surface area contributed by atoms with Crippen LogP contribution in [0, 0.1) is 17.2 Å². The number of rotatable bonds is 6. The summed E-state index contributed by atoms with van der Waals surface area (Å²) in [4.78, 5) is 12.2. The van der Waals surface area contributed by atoms with E-state index in [-0.39, 0.29) is 18.4 Å². The minimum atomic E-state index is -0.561. The highest BCUT2D eigenvalue weighted by Crippen LogP contribution is 2.18. The molecule has 2 aromatic rings. The maximum absolute atomic E-state index is 12.2. The Morgan fingerprint density at radius 1 is 1.17 bits per heavy atom. The maximum atomic E-state index is 12.2. The molecule has 0 heterocycles. The molecule has 24 heavy (non-hydrogen) atoms. The lowest BCUT2D eigenvalue weighted by atomic mass is 10.1. The van der Waals surface area contributed by atoms with Crippen LogP contribution in [0.4, 0.5) is 11.4 Å². The third kappa shape index (κ3) is 4.83. The van der Waals surface area contributed by atoms with Gasteiger partial charge in [0.15, 0.2) is 0 Å². The number of anilines is 2. The van der Waals surface area contributed by atoms with Gasteiger partial charge in [0.1, 0.15) is 0 Å². The van der Waals surface area contributed by atoms with Crippen molar-refractivity contribution in [2.75, 3.05) is 11.9 Å². The fourth-order valence-electron chi connectivity index (χ4n) is 2.07. The number of nitrogens with one attached hydrogen (secondary N) is 2. The Hall–Kier alpha value is -2.84. The summed E-state index contributed by atoms with van der Waals surface area (Å²) >= 11 is 0. The van der Waals surface area contributed by atoms with E-state index in [0.29, 0.717) is 11.1 Å². The number of aliphatic hydroxyl groups excluding tert-OH is 1. The van der Waals surface area contributed by atoms with Gasteiger partial charge in [-0.2, -0.15) is 5.26 Å². The van der Waals surface area contributed by atoms with Crippen LogP contribution in [0.25, 0.3) is 0 Å². The minimum Gasteiger partial charge on any atom is -0.391 e. The van der Waals surface area contributed by atoms with Crippen molar-refractivity contribution in [1.29, 1.82) is 5.26 Å². The zero-order chi connectivity index (χ0) is 17.5. The molecule has 0 aliphatic rings. The summed E-state index contributed by atoms with van der Waals surface area (Å²) in [5.74, 6) is -0.132. The highest BCUT2D eigenvalue weighted by molar-refractivity contribution is 5.95. The molecule has 1 amide bonds. The van der Waals surface area contributed by atoms with Crippen LogP contribution in [0.2, 0.25) is 0 Å². The first-order chi connectivity index (χ1) is 11.5. The van der Waals surface area contributed by atoms with E-state index in [9.17, 15) is 9.90 Å². The number of nitriles is 1. The molecular weight excluding hydrogens is 302 g/mol. The van der Waals surface area contributed by atoms with Crippen LogP contribution in [0.15, 0.2) is 48.5 Å². The molecule has 0 bridgehead atoms. The number of carbonyl (C=O) groups is 1. The van der Waals surface area contributed by atoms with Crippen LogP contribution in [0.1, 0.15) is 29.8 Å². The third-order valence-electron chi connectivity index (χ3n) is 3.67. The fraction of sp³-hybridized carbons (Fsp3) is 0.263. The van der Waals surface area contributed by atoms with E-state index in [4.69, 9.17) is 5.26 Å². The van der Waals surface area contributed by atoms with Crippen molar-refractivity contribution in [3.8, 4) is 6.07 Å². The number of hydrogen-bond acceptors (Lipinski definition) is 4. The van der Waals surface area contributed by atoms with E-state index >= 15 is 0 Å². The Labute approximate surface area is 141 Å². The average molecular weight is 323 g/mol. The van der Waals surface area contributed by atoms with Gasteiger partial charge in [-0.1, -0.05) is 19.9 Å². The lowest BCUT2D eigenvalue weighted by Gasteiger charge is -2.15. The molecule has 0 saturated carbocycles. The van der Waals surface area contributed by atoms with Crippen LogP contribution in [0.3, 0.4) is 0 Å². The first kappa shape index (κ1) is 17.5. The van der Waals surface area contributed by atoms with E-state index in [0.717, 1.165) is 11.4 Å². The number of hydrogen-bond donors (Lipinski definition) is 3. The van der Waals surface area contributed by atoms with E-state index in [1.807, 2.05) is 32.0 Å². The topological polar surface area (TPSA) is 85.2 Å². The van der Waals surface area contributed by atoms with Gasteiger partial charge >= 0.3 is 0 Å². The summed E-state index contributed by atoms with van der Waals surface area (Å²) in [5, 5.41) is 24.5. The molecule has 0 saturated heterocycles. The zero-order valence-electron chi connectivity index (χ0n) is 13.8. The van der Waals surface area contributed by atoms with Crippen LogP contribution < -0.4 is 10.6 Å². The number of benzene rings is 2. The predicted octanol–water partition coefficient (Wildman–Crippen LogP) is 3.05. The summed E-state index contributed by atoms with van der Waals surface area (Å²) in [7, 11) is 0. The van der Waals surface area contributed by atoms with E-state index in [1.165, 1.54) is 0 Å². The molecule has 0 aliphatic heterocycles. The number of nitrogens with zero attached hydrogens (tertiary/aromatic N) is 1. The Bertz CT molecular complexity index is 733. The lowest BCUT2D eigenvalue weighted by Crippen LogP contribution is -2.34. The maximum Gasteiger partial charge on any atom is 0.251 e. The fourth-order valence-corrected chi connectivity index (χ4v) is 2.07. The van der Waals surface area contributed by atoms with Crippen molar-refractivity contribution in [3.63, 3.8) is 0 Å². The van der Waals surface area contributed by atoms with Crippen LogP contribution >= 0.6 is 0 Å². The van der Waals surface area contributed by atoms with E-state index in [2.05, 4.69) is 16.7 Å². The molecule has 2 aromatic carbocycles. The molecule has 124 valence electrons. The van der Waals surface area contributed by atoms with Crippen molar-refractivity contribution < 1.29 is 9.90 Å². The molecule has 0 aliphatic carbocycles. The summed E-state index contributed by atoms with van der Waals surface area (Å²) < 4.78 is 0. The largest absolute Gasteiger partial charge is 0.391 e. The highest BCUT2D eigenvalue weighted by atomic mass is 16.3. The summed E-state index contributed by atoms with van der Waals surface area (Å²) in [6.07, 6.45) is -0.561. The predicted molar refractivity (Wildman–Crippen MR) is 94.1 cm³/mol. The van der Waals surface area contributed by atoms with Gasteiger partial charge in [-0.3, -0.25) is 4.79 Å². The lowest BCUT2D eigenvalue weighted by molar-refractivity contribution is 0.0871.